The zero-order chi connectivity index (χ0) is 17.0. The number of hydrogen-bond acceptors (Lipinski definition) is 4. The first-order valence-corrected chi connectivity index (χ1v) is 8.22. The second-order valence-corrected chi connectivity index (χ2v) is 6.20. The molecule has 24 heavy (non-hydrogen) atoms. The summed E-state index contributed by atoms with van der Waals surface area (Å²) in [7, 11) is 3.59. The number of nitrogens with zero attached hydrogens (tertiary/aromatic N) is 1. The minimum Gasteiger partial charge on any atom is -0.458 e. The molecule has 0 spiro atoms. The van der Waals surface area contributed by atoms with Crippen molar-refractivity contribution < 1.29 is 14.3 Å². The van der Waals surface area contributed by atoms with Crippen molar-refractivity contribution in [2.45, 2.75) is 18.1 Å². The van der Waals surface area contributed by atoms with Crippen LogP contribution in [0.4, 0.5) is 0 Å². The third-order valence-electron chi connectivity index (χ3n) is 4.58. The van der Waals surface area contributed by atoms with Crippen LogP contribution in [0, 0.1) is 0 Å². The molecule has 1 heterocycles. The number of hydrogen-bond donors (Lipinski definition) is 0. The molecule has 3 rings (SSSR count). The molecular formula is C20H23NO3. The molecule has 1 saturated heterocycles. The van der Waals surface area contributed by atoms with Crippen LogP contribution in [0.5, 0.6) is 0 Å². The Hall–Kier alpha value is -2.17. The average molecular weight is 325 g/mol. The van der Waals surface area contributed by atoms with Gasteiger partial charge < -0.3 is 14.4 Å². The molecule has 1 unspecified atom stereocenters. The third kappa shape index (κ3) is 3.07. The van der Waals surface area contributed by atoms with Gasteiger partial charge in [0.25, 0.3) is 0 Å². The minimum absolute atomic E-state index is 0.0931. The highest BCUT2D eigenvalue weighted by Crippen LogP contribution is 2.35. The Morgan fingerprint density at radius 2 is 1.58 bits per heavy atom. The van der Waals surface area contributed by atoms with Crippen molar-refractivity contribution in [3.8, 4) is 0 Å². The van der Waals surface area contributed by atoms with Crippen molar-refractivity contribution in [2.75, 3.05) is 27.2 Å². The number of likely N-dealkylation sites (tertiary alicyclic amines) is 1. The Morgan fingerprint density at radius 3 is 2.00 bits per heavy atom. The lowest BCUT2D eigenvalue weighted by Gasteiger charge is -2.32. The van der Waals surface area contributed by atoms with Gasteiger partial charge in [-0.3, -0.25) is 0 Å². The van der Waals surface area contributed by atoms with Crippen LogP contribution in [-0.4, -0.2) is 44.2 Å². The molecule has 2 aromatic rings. The number of carbonyl (C=O) groups is 1. The van der Waals surface area contributed by atoms with Gasteiger partial charge in [-0.1, -0.05) is 60.7 Å². The summed E-state index contributed by atoms with van der Waals surface area (Å²) in [6.07, 6.45) is 0.760. The maximum Gasteiger partial charge on any atom is 0.348 e. The Balaban J connectivity index is 2.00. The van der Waals surface area contributed by atoms with Crippen molar-refractivity contribution in [3.05, 3.63) is 71.8 Å². The van der Waals surface area contributed by atoms with Crippen molar-refractivity contribution in [3.63, 3.8) is 0 Å². The van der Waals surface area contributed by atoms with Crippen LogP contribution < -0.4 is 0 Å². The highest BCUT2D eigenvalue weighted by atomic mass is 16.6. The number of carbonyl (C=O) groups excluding carboxylic acids is 1. The predicted octanol–water partition coefficient (Wildman–Crippen LogP) is 2.82. The van der Waals surface area contributed by atoms with Gasteiger partial charge in [0.1, 0.15) is 6.10 Å². The van der Waals surface area contributed by atoms with Gasteiger partial charge in [0.05, 0.1) is 0 Å². The van der Waals surface area contributed by atoms with E-state index >= 15 is 0 Å². The summed E-state index contributed by atoms with van der Waals surface area (Å²) in [6.45, 7) is 1.70. The molecule has 126 valence electrons. The van der Waals surface area contributed by atoms with E-state index in [9.17, 15) is 4.79 Å². The van der Waals surface area contributed by atoms with Crippen LogP contribution in [0.15, 0.2) is 60.7 Å². The van der Waals surface area contributed by atoms with Crippen LogP contribution in [-0.2, 0) is 19.9 Å². The van der Waals surface area contributed by atoms with E-state index in [1.807, 2.05) is 67.7 Å². The zero-order valence-electron chi connectivity index (χ0n) is 14.1. The van der Waals surface area contributed by atoms with Crippen LogP contribution in [0.3, 0.4) is 0 Å². The maximum atomic E-state index is 13.2. The van der Waals surface area contributed by atoms with Gasteiger partial charge >= 0.3 is 5.97 Å². The molecule has 1 aliphatic rings. The van der Waals surface area contributed by atoms with Crippen LogP contribution in [0.25, 0.3) is 0 Å². The van der Waals surface area contributed by atoms with Crippen molar-refractivity contribution >= 4 is 5.97 Å². The summed E-state index contributed by atoms with van der Waals surface area (Å²) < 4.78 is 11.7. The lowest BCUT2D eigenvalue weighted by atomic mass is 9.86. The summed E-state index contributed by atoms with van der Waals surface area (Å²) in [5.74, 6) is -0.359. The molecule has 1 atom stereocenters. The van der Waals surface area contributed by atoms with Gasteiger partial charge in [-0.15, -0.1) is 0 Å². The van der Waals surface area contributed by atoms with Gasteiger partial charge in [0.2, 0.25) is 5.60 Å². The van der Waals surface area contributed by atoms with Crippen molar-refractivity contribution in [1.82, 2.24) is 4.90 Å². The van der Waals surface area contributed by atoms with Crippen molar-refractivity contribution in [1.29, 1.82) is 0 Å². The first-order valence-electron chi connectivity index (χ1n) is 8.22. The molecule has 0 N–H and O–H groups in total. The van der Waals surface area contributed by atoms with E-state index in [1.54, 1.807) is 7.11 Å². The molecule has 0 amide bonds. The number of methoxy groups -OCH3 is 1. The summed E-state index contributed by atoms with van der Waals surface area (Å²) in [6, 6.07) is 19.1. The molecular weight excluding hydrogens is 302 g/mol. The smallest absolute Gasteiger partial charge is 0.348 e. The van der Waals surface area contributed by atoms with Gasteiger partial charge in [0, 0.05) is 20.2 Å². The Morgan fingerprint density at radius 1 is 1.04 bits per heavy atom. The molecule has 4 nitrogen and oxygen atoms in total. The number of likely N-dealkylation sites (N-methyl/N-ethyl adjacent to an activating group) is 1. The van der Waals surface area contributed by atoms with Gasteiger partial charge in [-0.2, -0.15) is 0 Å². The molecule has 4 heteroatoms. The number of esters is 1. The number of benzene rings is 2. The summed E-state index contributed by atoms with van der Waals surface area (Å²) >= 11 is 0. The lowest BCUT2D eigenvalue weighted by molar-refractivity contribution is -0.170. The van der Waals surface area contributed by atoms with E-state index in [2.05, 4.69) is 4.90 Å². The van der Waals surface area contributed by atoms with Crippen molar-refractivity contribution in [2.24, 2.45) is 0 Å². The molecule has 1 fully saturated rings. The summed E-state index contributed by atoms with van der Waals surface area (Å²) in [5.41, 5.74) is 0.300. The molecule has 0 aromatic heterocycles. The highest BCUT2D eigenvalue weighted by Gasteiger charge is 2.45. The topological polar surface area (TPSA) is 38.8 Å². The van der Waals surface area contributed by atoms with E-state index in [4.69, 9.17) is 9.47 Å². The standard InChI is InChI=1S/C20H23NO3/c1-21-14-13-18(15-21)24-19(22)20(23-2,16-9-5-3-6-10-16)17-11-7-4-8-12-17/h3-12,18H,13-15H2,1-2H3. The lowest BCUT2D eigenvalue weighted by Crippen LogP contribution is -2.42. The van der Waals surface area contributed by atoms with E-state index in [-0.39, 0.29) is 12.1 Å². The average Bonchev–Trinajstić information content (AvgIpc) is 3.03. The highest BCUT2D eigenvalue weighted by molar-refractivity contribution is 5.86. The quantitative estimate of drug-likeness (QED) is 0.793. The fourth-order valence-corrected chi connectivity index (χ4v) is 3.29. The van der Waals surface area contributed by atoms with Crippen LogP contribution >= 0.6 is 0 Å². The molecule has 1 aliphatic heterocycles. The third-order valence-corrected chi connectivity index (χ3v) is 4.58. The fraction of sp³-hybridized carbons (Fsp3) is 0.350. The predicted molar refractivity (Wildman–Crippen MR) is 92.7 cm³/mol. The van der Waals surface area contributed by atoms with Gasteiger partial charge in [-0.25, -0.2) is 4.79 Å². The fourth-order valence-electron chi connectivity index (χ4n) is 3.29. The van der Waals surface area contributed by atoms with E-state index in [1.165, 1.54) is 0 Å². The Labute approximate surface area is 143 Å². The maximum absolute atomic E-state index is 13.2. The van der Waals surface area contributed by atoms with E-state index in [0.717, 1.165) is 30.6 Å². The summed E-state index contributed by atoms with van der Waals surface area (Å²) in [4.78, 5) is 15.4. The Kier molecular flexibility index (Phi) is 4.97. The molecule has 2 aromatic carbocycles. The molecule has 0 aliphatic carbocycles. The monoisotopic (exact) mass is 325 g/mol. The number of rotatable bonds is 5. The largest absolute Gasteiger partial charge is 0.458 e. The van der Waals surface area contributed by atoms with Crippen LogP contribution in [0.2, 0.25) is 0 Å². The van der Waals surface area contributed by atoms with Gasteiger partial charge in [-0.05, 0) is 24.6 Å². The minimum atomic E-state index is -1.25. The molecule has 0 saturated carbocycles. The van der Waals surface area contributed by atoms with Gasteiger partial charge in [0.15, 0.2) is 0 Å². The van der Waals surface area contributed by atoms with Crippen LogP contribution in [0.1, 0.15) is 17.5 Å². The normalized spacial score (nSPS) is 18.5. The molecule has 0 radical (unpaired) electrons. The second kappa shape index (κ2) is 7.16. The Bertz CT molecular complexity index is 632. The van der Waals surface area contributed by atoms with E-state index in [0.29, 0.717) is 0 Å². The van der Waals surface area contributed by atoms with E-state index < -0.39 is 5.60 Å². The first-order chi connectivity index (χ1) is 11.7. The zero-order valence-corrected chi connectivity index (χ0v) is 14.1. The number of ether oxygens (including phenoxy) is 2. The first kappa shape index (κ1) is 16.7. The SMILES string of the molecule is COC(C(=O)OC1CCN(C)C1)(c1ccccc1)c1ccccc1. The molecule has 0 bridgehead atoms. The summed E-state index contributed by atoms with van der Waals surface area (Å²) in [5, 5.41) is 0. The second-order valence-electron chi connectivity index (χ2n) is 6.20.